The molecule has 1 fully saturated rings. The lowest BCUT2D eigenvalue weighted by molar-refractivity contribution is 0.134. The normalized spacial score (nSPS) is 32.6. The molecule has 0 amide bonds. The lowest BCUT2D eigenvalue weighted by Crippen LogP contribution is -2.48. The SMILES string of the molecule is C=C(CN1CCN(CC(=C)C2CC=C(C)C(O)C2)CC1)C1CC=C(C)C(O)C1. The predicted octanol–water partition coefficient (Wildman–Crippen LogP) is 3.15. The Morgan fingerprint density at radius 3 is 1.50 bits per heavy atom. The van der Waals surface area contributed by atoms with Crippen molar-refractivity contribution in [1.29, 1.82) is 0 Å². The summed E-state index contributed by atoms with van der Waals surface area (Å²) in [6, 6.07) is 0. The van der Waals surface area contributed by atoms with Crippen LogP contribution in [-0.4, -0.2) is 71.5 Å². The molecule has 0 radical (unpaired) electrons. The summed E-state index contributed by atoms with van der Waals surface area (Å²) in [6.45, 7) is 18.8. The van der Waals surface area contributed by atoms with Crippen molar-refractivity contribution < 1.29 is 10.2 Å². The highest BCUT2D eigenvalue weighted by Gasteiger charge is 2.26. The van der Waals surface area contributed by atoms with E-state index < -0.39 is 0 Å². The van der Waals surface area contributed by atoms with Crippen LogP contribution in [0.5, 0.6) is 0 Å². The van der Waals surface area contributed by atoms with Gasteiger partial charge in [0.05, 0.1) is 12.2 Å². The summed E-state index contributed by atoms with van der Waals surface area (Å²) in [4.78, 5) is 4.99. The highest BCUT2D eigenvalue weighted by molar-refractivity contribution is 5.18. The molecular formula is C24H38N2O2. The summed E-state index contributed by atoms with van der Waals surface area (Å²) < 4.78 is 0. The fourth-order valence-corrected chi connectivity index (χ4v) is 4.64. The highest BCUT2D eigenvalue weighted by atomic mass is 16.3. The molecule has 4 atom stereocenters. The molecule has 1 aliphatic heterocycles. The minimum atomic E-state index is -0.296. The van der Waals surface area contributed by atoms with E-state index in [1.54, 1.807) is 0 Å². The van der Waals surface area contributed by atoms with E-state index >= 15 is 0 Å². The van der Waals surface area contributed by atoms with Gasteiger partial charge in [0.2, 0.25) is 0 Å². The van der Waals surface area contributed by atoms with Crippen LogP contribution in [0.1, 0.15) is 39.5 Å². The molecule has 1 saturated heterocycles. The molecule has 0 spiro atoms. The Morgan fingerprint density at radius 1 is 0.821 bits per heavy atom. The first-order valence-corrected chi connectivity index (χ1v) is 10.8. The number of allylic oxidation sites excluding steroid dienone is 2. The fourth-order valence-electron chi connectivity index (χ4n) is 4.64. The first-order valence-electron chi connectivity index (χ1n) is 10.8. The van der Waals surface area contributed by atoms with Crippen LogP contribution in [0.25, 0.3) is 0 Å². The van der Waals surface area contributed by atoms with Crippen molar-refractivity contribution in [1.82, 2.24) is 9.80 Å². The second-order valence-electron chi connectivity index (χ2n) is 9.13. The zero-order chi connectivity index (χ0) is 20.3. The summed E-state index contributed by atoms with van der Waals surface area (Å²) in [5.41, 5.74) is 4.74. The van der Waals surface area contributed by atoms with E-state index in [9.17, 15) is 10.2 Å². The quantitative estimate of drug-likeness (QED) is 0.689. The van der Waals surface area contributed by atoms with Gasteiger partial charge in [-0.05, 0) is 62.5 Å². The van der Waals surface area contributed by atoms with Crippen LogP contribution in [0, 0.1) is 11.8 Å². The third kappa shape index (κ3) is 5.44. The lowest BCUT2D eigenvalue weighted by Gasteiger charge is -2.38. The van der Waals surface area contributed by atoms with Crippen LogP contribution in [0.15, 0.2) is 47.6 Å². The van der Waals surface area contributed by atoms with Gasteiger partial charge in [0.25, 0.3) is 0 Å². The van der Waals surface area contributed by atoms with Crippen molar-refractivity contribution in [3.63, 3.8) is 0 Å². The van der Waals surface area contributed by atoms with Crippen molar-refractivity contribution in [2.24, 2.45) is 11.8 Å². The van der Waals surface area contributed by atoms with Crippen LogP contribution >= 0.6 is 0 Å². The van der Waals surface area contributed by atoms with Crippen LogP contribution in [-0.2, 0) is 0 Å². The fraction of sp³-hybridized carbons (Fsp3) is 0.667. The number of hydrogen-bond acceptors (Lipinski definition) is 4. The number of rotatable bonds is 6. The van der Waals surface area contributed by atoms with Crippen LogP contribution in [0.2, 0.25) is 0 Å². The summed E-state index contributed by atoms with van der Waals surface area (Å²) in [5, 5.41) is 20.2. The van der Waals surface area contributed by atoms with E-state index in [1.165, 1.54) is 11.1 Å². The van der Waals surface area contributed by atoms with Gasteiger partial charge >= 0.3 is 0 Å². The minimum Gasteiger partial charge on any atom is -0.389 e. The molecule has 3 aliphatic rings. The molecule has 4 heteroatoms. The second kappa shape index (κ2) is 9.53. The highest BCUT2D eigenvalue weighted by Crippen LogP contribution is 2.30. The van der Waals surface area contributed by atoms with Crippen molar-refractivity contribution in [2.45, 2.75) is 51.7 Å². The van der Waals surface area contributed by atoms with Crippen LogP contribution in [0.3, 0.4) is 0 Å². The Hall–Kier alpha value is -1.20. The Kier molecular flexibility index (Phi) is 7.32. The topological polar surface area (TPSA) is 46.9 Å². The molecule has 28 heavy (non-hydrogen) atoms. The number of piperazine rings is 1. The number of nitrogens with zero attached hydrogens (tertiary/aromatic N) is 2. The predicted molar refractivity (Wildman–Crippen MR) is 116 cm³/mol. The smallest absolute Gasteiger partial charge is 0.0753 e. The van der Waals surface area contributed by atoms with Gasteiger partial charge in [0, 0.05) is 39.3 Å². The number of hydrogen-bond donors (Lipinski definition) is 2. The lowest BCUT2D eigenvalue weighted by atomic mass is 9.83. The van der Waals surface area contributed by atoms with E-state index in [2.05, 4.69) is 35.1 Å². The first-order chi connectivity index (χ1) is 13.3. The molecule has 2 N–H and O–H groups in total. The van der Waals surface area contributed by atoms with E-state index in [1.807, 2.05) is 13.8 Å². The molecule has 4 nitrogen and oxygen atoms in total. The Labute approximate surface area is 170 Å². The molecule has 4 unspecified atom stereocenters. The third-order valence-electron chi connectivity index (χ3n) is 6.99. The van der Waals surface area contributed by atoms with Crippen LogP contribution < -0.4 is 0 Å². The van der Waals surface area contributed by atoms with E-state index in [4.69, 9.17) is 0 Å². The summed E-state index contributed by atoms with van der Waals surface area (Å²) >= 11 is 0. The van der Waals surface area contributed by atoms with Gasteiger partial charge in [-0.1, -0.05) is 36.5 Å². The van der Waals surface area contributed by atoms with Crippen molar-refractivity contribution in [3.8, 4) is 0 Å². The average Bonchev–Trinajstić information content (AvgIpc) is 2.67. The Bertz CT molecular complexity index is 587. The van der Waals surface area contributed by atoms with Crippen molar-refractivity contribution in [3.05, 3.63) is 47.6 Å². The summed E-state index contributed by atoms with van der Waals surface area (Å²) in [6.07, 6.45) is 7.43. The molecule has 156 valence electrons. The van der Waals surface area contributed by atoms with Gasteiger partial charge in [0.1, 0.15) is 0 Å². The molecule has 0 aromatic rings. The third-order valence-corrected chi connectivity index (χ3v) is 6.99. The zero-order valence-electron chi connectivity index (χ0n) is 17.7. The van der Waals surface area contributed by atoms with Gasteiger partial charge in [0.15, 0.2) is 0 Å². The monoisotopic (exact) mass is 386 g/mol. The molecule has 2 aliphatic carbocycles. The average molecular weight is 387 g/mol. The number of aliphatic hydroxyl groups is 2. The largest absolute Gasteiger partial charge is 0.389 e. The molecule has 0 bridgehead atoms. The van der Waals surface area contributed by atoms with E-state index in [-0.39, 0.29) is 12.2 Å². The molecule has 0 aromatic carbocycles. The van der Waals surface area contributed by atoms with Gasteiger partial charge < -0.3 is 10.2 Å². The second-order valence-corrected chi connectivity index (χ2v) is 9.13. The first kappa shape index (κ1) is 21.5. The maximum atomic E-state index is 10.1. The summed E-state index contributed by atoms with van der Waals surface area (Å²) in [7, 11) is 0. The van der Waals surface area contributed by atoms with Gasteiger partial charge in [-0.2, -0.15) is 0 Å². The van der Waals surface area contributed by atoms with Gasteiger partial charge in [-0.15, -0.1) is 0 Å². The molecule has 0 aromatic heterocycles. The zero-order valence-corrected chi connectivity index (χ0v) is 17.7. The van der Waals surface area contributed by atoms with E-state index in [0.717, 1.165) is 76.1 Å². The minimum absolute atomic E-state index is 0.296. The standard InChI is InChI=1S/C24H38N2O2/c1-17-5-7-21(13-23(17)27)19(3)15-25-9-11-26(12-10-25)16-20(4)22-8-6-18(2)24(28)14-22/h5-6,21-24,27-28H,3-4,7-16H2,1-2H3. The number of aliphatic hydroxyl groups excluding tert-OH is 2. The van der Waals surface area contributed by atoms with Crippen LogP contribution in [0.4, 0.5) is 0 Å². The molecule has 1 heterocycles. The van der Waals surface area contributed by atoms with Gasteiger partial charge in [-0.25, -0.2) is 0 Å². The Balaban J connectivity index is 1.40. The maximum absolute atomic E-state index is 10.1. The van der Waals surface area contributed by atoms with Crippen molar-refractivity contribution >= 4 is 0 Å². The Morgan fingerprint density at radius 2 is 1.18 bits per heavy atom. The maximum Gasteiger partial charge on any atom is 0.0753 e. The summed E-state index contributed by atoms with van der Waals surface area (Å²) in [5.74, 6) is 0.816. The van der Waals surface area contributed by atoms with Gasteiger partial charge in [-0.3, -0.25) is 9.80 Å². The molecule has 0 saturated carbocycles. The molecular weight excluding hydrogens is 348 g/mol. The van der Waals surface area contributed by atoms with Crippen molar-refractivity contribution in [2.75, 3.05) is 39.3 Å². The molecule has 3 rings (SSSR count). The van der Waals surface area contributed by atoms with E-state index in [0.29, 0.717) is 11.8 Å².